The van der Waals surface area contributed by atoms with Crippen LogP contribution in [-0.2, 0) is 16.8 Å². The minimum atomic E-state index is -0.786. The van der Waals surface area contributed by atoms with Crippen LogP contribution in [0, 0.1) is 6.92 Å². The van der Waals surface area contributed by atoms with Crippen molar-refractivity contribution in [2.24, 2.45) is 0 Å². The maximum Gasteiger partial charge on any atom is 0.174 e. The number of aryl methyl sites for hydroxylation is 1. The number of fused-ring (bicyclic) bond motifs is 2. The molecule has 0 fully saturated rings. The van der Waals surface area contributed by atoms with Crippen molar-refractivity contribution in [3.63, 3.8) is 0 Å². The first kappa shape index (κ1) is 25.4. The van der Waals surface area contributed by atoms with Crippen molar-refractivity contribution in [3.8, 4) is 11.3 Å². The molecule has 1 aliphatic rings. The van der Waals surface area contributed by atoms with Crippen LogP contribution in [0.1, 0.15) is 33.5 Å². The number of carbonyl (C=O) groups is 1. The third-order valence-electron chi connectivity index (χ3n) is 7.90. The van der Waals surface area contributed by atoms with E-state index in [9.17, 15) is 4.79 Å². The molecule has 0 amide bonds. The lowest BCUT2D eigenvalue weighted by Crippen LogP contribution is -2.38. The first-order valence-electron chi connectivity index (χ1n) is 13.6. The molecule has 0 spiro atoms. The van der Waals surface area contributed by atoms with Crippen molar-refractivity contribution in [2.75, 3.05) is 0 Å². The Bertz CT molecular complexity index is 1850. The van der Waals surface area contributed by atoms with Crippen molar-refractivity contribution < 1.29 is 4.79 Å². The van der Waals surface area contributed by atoms with Gasteiger partial charge < -0.3 is 0 Å². The number of hydrogen-bond donors (Lipinski definition) is 0. The highest BCUT2D eigenvalue weighted by atomic mass is 79.9. The number of benzene rings is 4. The van der Waals surface area contributed by atoms with Gasteiger partial charge in [0.1, 0.15) is 11.2 Å². The van der Waals surface area contributed by atoms with Gasteiger partial charge in [-0.25, -0.2) is 4.68 Å². The first-order valence-corrected chi connectivity index (χ1v) is 14.4. The van der Waals surface area contributed by atoms with E-state index in [4.69, 9.17) is 5.10 Å². The summed E-state index contributed by atoms with van der Waals surface area (Å²) < 4.78 is 2.77. The van der Waals surface area contributed by atoms with Crippen LogP contribution in [-0.4, -0.2) is 20.5 Å². The van der Waals surface area contributed by atoms with Gasteiger partial charge in [-0.3, -0.25) is 9.78 Å². The van der Waals surface area contributed by atoms with E-state index in [1.54, 1.807) is 0 Å². The molecule has 0 saturated heterocycles. The summed E-state index contributed by atoms with van der Waals surface area (Å²) in [5.41, 5.74) is 8.28. The van der Waals surface area contributed by atoms with Crippen LogP contribution in [0.3, 0.4) is 0 Å². The molecule has 4 nitrogen and oxygen atoms in total. The minimum Gasteiger partial charge on any atom is -0.293 e. The lowest BCUT2D eigenvalue weighted by Gasteiger charge is -2.37. The number of ketones is 1. The normalized spacial score (nSPS) is 13.2. The summed E-state index contributed by atoms with van der Waals surface area (Å²) in [5.74, 6) is 0.0772. The van der Waals surface area contributed by atoms with Crippen molar-refractivity contribution in [1.29, 1.82) is 0 Å². The third-order valence-corrected chi connectivity index (χ3v) is 8.57. The molecule has 0 radical (unpaired) electrons. The van der Waals surface area contributed by atoms with E-state index in [1.165, 1.54) is 0 Å². The van der Waals surface area contributed by atoms with E-state index >= 15 is 0 Å². The Balaban J connectivity index is 1.67. The van der Waals surface area contributed by atoms with Gasteiger partial charge >= 0.3 is 0 Å². The molecule has 5 heteroatoms. The fourth-order valence-electron chi connectivity index (χ4n) is 6.05. The highest BCUT2D eigenvalue weighted by Crippen LogP contribution is 2.45. The Kier molecular flexibility index (Phi) is 6.25. The van der Waals surface area contributed by atoms with Crippen LogP contribution in [0.15, 0.2) is 126 Å². The molecule has 0 atom stereocenters. The number of pyridine rings is 1. The summed E-state index contributed by atoms with van der Waals surface area (Å²) in [6.07, 6.45) is 4.10. The van der Waals surface area contributed by atoms with E-state index in [0.717, 1.165) is 55.7 Å². The standard InChI is InChI=1S/C36H26BrN3O/c1-24-19-25(17-18-38-24)35-31-20-26-21-32(37)34(41)23-27(26)22-33(31)40(39-35)36(28-11-5-2-6-12-28,29-13-7-3-8-14-29)30-15-9-4-10-16-30/h2-22H,23H2,1H3. The zero-order valence-electron chi connectivity index (χ0n) is 22.5. The van der Waals surface area contributed by atoms with Crippen LogP contribution in [0.4, 0.5) is 0 Å². The molecule has 0 saturated carbocycles. The number of nitrogens with zero attached hydrogens (tertiary/aromatic N) is 3. The van der Waals surface area contributed by atoms with Gasteiger partial charge in [-0.2, -0.15) is 5.10 Å². The maximum atomic E-state index is 12.8. The summed E-state index contributed by atoms with van der Waals surface area (Å²) >= 11 is 3.47. The van der Waals surface area contributed by atoms with Crippen molar-refractivity contribution in [3.05, 3.63) is 159 Å². The number of carbonyl (C=O) groups excluding carboxylic acids is 1. The Morgan fingerprint density at radius 1 is 0.780 bits per heavy atom. The van der Waals surface area contributed by atoms with Crippen molar-refractivity contribution in [2.45, 2.75) is 18.9 Å². The van der Waals surface area contributed by atoms with E-state index in [-0.39, 0.29) is 5.78 Å². The predicted molar refractivity (Wildman–Crippen MR) is 168 cm³/mol. The zero-order valence-corrected chi connectivity index (χ0v) is 24.0. The molecule has 198 valence electrons. The minimum absolute atomic E-state index is 0.0772. The summed E-state index contributed by atoms with van der Waals surface area (Å²) in [6.45, 7) is 2.00. The summed E-state index contributed by atoms with van der Waals surface area (Å²) in [5, 5.41) is 6.50. The average Bonchev–Trinajstić information content (AvgIpc) is 3.37. The van der Waals surface area contributed by atoms with Gasteiger partial charge in [-0.15, -0.1) is 0 Å². The van der Waals surface area contributed by atoms with Gasteiger partial charge in [-0.1, -0.05) is 91.0 Å². The third kappa shape index (κ3) is 4.16. The van der Waals surface area contributed by atoms with Crippen LogP contribution >= 0.6 is 15.9 Å². The van der Waals surface area contributed by atoms with Crippen LogP contribution in [0.25, 0.3) is 28.2 Å². The molecule has 0 aliphatic heterocycles. The smallest absolute Gasteiger partial charge is 0.174 e. The molecule has 0 unspecified atom stereocenters. The Hall–Kier alpha value is -4.61. The molecule has 2 aromatic heterocycles. The Morgan fingerprint density at radius 3 is 1.93 bits per heavy atom. The predicted octanol–water partition coefficient (Wildman–Crippen LogP) is 8.11. The fraction of sp³-hybridized carbons (Fsp3) is 0.0833. The topological polar surface area (TPSA) is 47.8 Å². The van der Waals surface area contributed by atoms with Gasteiger partial charge in [0, 0.05) is 29.3 Å². The average molecular weight is 597 g/mol. The van der Waals surface area contributed by atoms with Gasteiger partial charge in [0.05, 0.1) is 10.00 Å². The first-order chi connectivity index (χ1) is 20.1. The second kappa shape index (κ2) is 10.1. The molecular weight excluding hydrogens is 570 g/mol. The number of hydrogen-bond acceptors (Lipinski definition) is 3. The van der Waals surface area contributed by atoms with E-state index < -0.39 is 5.54 Å². The molecule has 0 N–H and O–H groups in total. The molecular formula is C36H26BrN3O. The summed E-state index contributed by atoms with van der Waals surface area (Å²) in [7, 11) is 0. The van der Waals surface area contributed by atoms with Gasteiger partial charge in [0.15, 0.2) is 5.78 Å². The fourth-order valence-corrected chi connectivity index (χ4v) is 6.44. The summed E-state index contributed by atoms with van der Waals surface area (Å²) in [6, 6.07) is 40.1. The molecule has 7 rings (SSSR count). The number of aromatic nitrogens is 3. The van der Waals surface area contributed by atoms with Crippen LogP contribution in [0.2, 0.25) is 0 Å². The van der Waals surface area contributed by atoms with Gasteiger partial charge in [0.25, 0.3) is 0 Å². The maximum absolute atomic E-state index is 12.8. The lowest BCUT2D eigenvalue weighted by molar-refractivity contribution is -0.114. The number of halogens is 1. The number of Topliss-reactive ketones (excluding diaryl/α,β-unsaturated/α-hetero) is 1. The molecule has 1 aliphatic carbocycles. The van der Waals surface area contributed by atoms with Crippen LogP contribution < -0.4 is 0 Å². The largest absolute Gasteiger partial charge is 0.293 e. The van der Waals surface area contributed by atoms with Gasteiger partial charge in [-0.05, 0) is 81.0 Å². The van der Waals surface area contributed by atoms with Crippen molar-refractivity contribution in [1.82, 2.24) is 14.8 Å². The van der Waals surface area contributed by atoms with E-state index in [2.05, 4.69) is 117 Å². The molecule has 41 heavy (non-hydrogen) atoms. The number of rotatable bonds is 5. The summed E-state index contributed by atoms with van der Waals surface area (Å²) in [4.78, 5) is 17.2. The Morgan fingerprint density at radius 2 is 1.37 bits per heavy atom. The van der Waals surface area contributed by atoms with E-state index in [1.807, 2.05) is 43.5 Å². The molecule has 6 aromatic rings. The molecule has 4 aromatic carbocycles. The van der Waals surface area contributed by atoms with E-state index in [0.29, 0.717) is 10.9 Å². The SMILES string of the molecule is Cc1cc(-c2nn(C(c3ccccc3)(c3ccccc3)c3ccccc3)c3cc4c(cc23)C=C(Br)C(=O)C4)ccn1. The molecule has 2 heterocycles. The van der Waals surface area contributed by atoms with Crippen LogP contribution in [0.5, 0.6) is 0 Å². The van der Waals surface area contributed by atoms with Gasteiger partial charge in [0.2, 0.25) is 0 Å². The highest BCUT2D eigenvalue weighted by molar-refractivity contribution is 9.12. The number of allylic oxidation sites excluding steroid dienone is 1. The second-order valence-corrected chi connectivity index (χ2v) is 11.3. The monoisotopic (exact) mass is 595 g/mol. The highest BCUT2D eigenvalue weighted by Gasteiger charge is 2.41. The zero-order chi connectivity index (χ0) is 28.0. The quantitative estimate of drug-likeness (QED) is 0.189. The second-order valence-electron chi connectivity index (χ2n) is 10.4. The van der Waals surface area contributed by atoms with Crippen molar-refractivity contribution >= 4 is 38.7 Å². The Labute approximate surface area is 247 Å². The molecule has 0 bridgehead atoms. The lowest BCUT2D eigenvalue weighted by atomic mass is 9.77.